The second-order valence-corrected chi connectivity index (χ2v) is 6.34. The summed E-state index contributed by atoms with van der Waals surface area (Å²) in [5.74, 6) is 1.35. The first-order valence-corrected chi connectivity index (χ1v) is 7.02. The fraction of sp³-hybridized carbons (Fsp3) is 0.500. The topological polar surface area (TPSA) is 17.3 Å². The SMILES string of the molecule is Cc1cc(Br)cn2c3c(nc12)C(C)CC(C)C3. The summed E-state index contributed by atoms with van der Waals surface area (Å²) in [6.45, 7) is 6.77. The maximum absolute atomic E-state index is 4.85. The van der Waals surface area contributed by atoms with E-state index in [1.165, 1.54) is 23.4 Å². The summed E-state index contributed by atoms with van der Waals surface area (Å²) < 4.78 is 3.41. The molecule has 0 fully saturated rings. The largest absolute Gasteiger partial charge is 0.302 e. The molecule has 0 spiro atoms. The van der Waals surface area contributed by atoms with Crippen molar-refractivity contribution in [3.8, 4) is 0 Å². The Kier molecular flexibility index (Phi) is 2.54. The van der Waals surface area contributed by atoms with E-state index in [-0.39, 0.29) is 0 Å². The van der Waals surface area contributed by atoms with Crippen LogP contribution in [-0.4, -0.2) is 9.38 Å². The van der Waals surface area contributed by atoms with Crippen LogP contribution < -0.4 is 0 Å². The summed E-state index contributed by atoms with van der Waals surface area (Å²) in [6.07, 6.45) is 4.56. The molecule has 2 unspecified atom stereocenters. The predicted molar refractivity (Wildman–Crippen MR) is 73.5 cm³/mol. The number of aromatic nitrogens is 2. The highest BCUT2D eigenvalue weighted by Gasteiger charge is 2.26. The minimum atomic E-state index is 0.590. The normalized spacial score (nSPS) is 24.0. The summed E-state index contributed by atoms with van der Waals surface area (Å²) in [7, 11) is 0. The quantitative estimate of drug-likeness (QED) is 0.715. The zero-order chi connectivity index (χ0) is 12.2. The maximum Gasteiger partial charge on any atom is 0.140 e. The highest BCUT2D eigenvalue weighted by molar-refractivity contribution is 9.10. The molecule has 90 valence electrons. The van der Waals surface area contributed by atoms with Gasteiger partial charge in [0.15, 0.2) is 0 Å². The summed E-state index contributed by atoms with van der Waals surface area (Å²) in [5.41, 5.74) is 5.09. The fourth-order valence-corrected chi connectivity index (χ4v) is 3.61. The van der Waals surface area contributed by atoms with Crippen molar-refractivity contribution < 1.29 is 0 Å². The highest BCUT2D eigenvalue weighted by atomic mass is 79.9. The molecule has 2 heterocycles. The first-order valence-electron chi connectivity index (χ1n) is 6.23. The number of imidazole rings is 1. The van der Waals surface area contributed by atoms with E-state index in [0.717, 1.165) is 22.5 Å². The molecule has 0 bridgehead atoms. The fourth-order valence-electron chi connectivity index (χ4n) is 3.06. The van der Waals surface area contributed by atoms with Crippen molar-refractivity contribution >= 4 is 21.6 Å². The molecule has 0 aromatic carbocycles. The van der Waals surface area contributed by atoms with Crippen molar-refractivity contribution in [1.29, 1.82) is 0 Å². The molecule has 2 aromatic heterocycles. The van der Waals surface area contributed by atoms with Gasteiger partial charge >= 0.3 is 0 Å². The molecule has 2 aromatic rings. The van der Waals surface area contributed by atoms with Crippen LogP contribution in [0.5, 0.6) is 0 Å². The Morgan fingerprint density at radius 1 is 1.41 bits per heavy atom. The van der Waals surface area contributed by atoms with Gasteiger partial charge in [-0.3, -0.25) is 0 Å². The van der Waals surface area contributed by atoms with Crippen LogP contribution in [0.3, 0.4) is 0 Å². The number of rotatable bonds is 0. The second kappa shape index (κ2) is 3.84. The van der Waals surface area contributed by atoms with Gasteiger partial charge in [-0.05, 0) is 53.2 Å². The predicted octanol–water partition coefficient (Wildman–Crippen LogP) is 4.09. The molecule has 3 rings (SSSR count). The Bertz CT molecular complexity index is 585. The van der Waals surface area contributed by atoms with Crippen LogP contribution >= 0.6 is 15.9 Å². The summed E-state index contributed by atoms with van der Waals surface area (Å²) in [5, 5.41) is 0. The van der Waals surface area contributed by atoms with Crippen LogP contribution in [0.25, 0.3) is 5.65 Å². The van der Waals surface area contributed by atoms with Gasteiger partial charge < -0.3 is 4.40 Å². The lowest BCUT2D eigenvalue weighted by atomic mass is 9.84. The van der Waals surface area contributed by atoms with Crippen LogP contribution in [0.15, 0.2) is 16.7 Å². The molecular weight excluding hydrogens is 276 g/mol. The monoisotopic (exact) mass is 292 g/mol. The molecule has 17 heavy (non-hydrogen) atoms. The average Bonchev–Trinajstić information content (AvgIpc) is 2.58. The van der Waals surface area contributed by atoms with Crippen molar-refractivity contribution in [3.63, 3.8) is 0 Å². The molecular formula is C14H17BrN2. The summed E-state index contributed by atoms with van der Waals surface area (Å²) in [4.78, 5) is 4.85. The van der Waals surface area contributed by atoms with Gasteiger partial charge in [0.1, 0.15) is 5.65 Å². The van der Waals surface area contributed by atoms with Gasteiger partial charge in [0.2, 0.25) is 0 Å². The number of nitrogens with zero attached hydrogens (tertiary/aromatic N) is 2. The lowest BCUT2D eigenvalue weighted by Crippen LogP contribution is -2.15. The molecule has 3 heteroatoms. The van der Waals surface area contributed by atoms with Crippen molar-refractivity contribution in [2.45, 2.75) is 39.5 Å². The van der Waals surface area contributed by atoms with Gasteiger partial charge in [-0.2, -0.15) is 0 Å². The lowest BCUT2D eigenvalue weighted by Gasteiger charge is -2.23. The van der Waals surface area contributed by atoms with E-state index in [1.807, 2.05) is 0 Å². The van der Waals surface area contributed by atoms with E-state index < -0.39 is 0 Å². The minimum Gasteiger partial charge on any atom is -0.302 e. The molecule has 1 aliphatic carbocycles. The van der Waals surface area contributed by atoms with Gasteiger partial charge in [0.05, 0.1) is 5.69 Å². The van der Waals surface area contributed by atoms with E-state index in [2.05, 4.69) is 53.4 Å². The molecule has 2 atom stereocenters. The molecule has 0 amide bonds. The first-order chi connectivity index (χ1) is 8.06. The van der Waals surface area contributed by atoms with Crippen LogP contribution in [0, 0.1) is 12.8 Å². The molecule has 0 saturated carbocycles. The van der Waals surface area contributed by atoms with Crippen molar-refractivity contribution in [3.05, 3.63) is 33.7 Å². The number of hydrogen-bond acceptors (Lipinski definition) is 1. The van der Waals surface area contributed by atoms with E-state index in [1.54, 1.807) is 0 Å². The zero-order valence-electron chi connectivity index (χ0n) is 10.5. The summed E-state index contributed by atoms with van der Waals surface area (Å²) in [6, 6.07) is 2.14. The van der Waals surface area contributed by atoms with Crippen LogP contribution in [0.1, 0.15) is 43.1 Å². The molecule has 1 aliphatic rings. The zero-order valence-corrected chi connectivity index (χ0v) is 12.1. The second-order valence-electron chi connectivity index (χ2n) is 5.42. The van der Waals surface area contributed by atoms with Crippen molar-refractivity contribution in [2.24, 2.45) is 5.92 Å². The van der Waals surface area contributed by atoms with Crippen LogP contribution in [-0.2, 0) is 6.42 Å². The Morgan fingerprint density at radius 2 is 2.18 bits per heavy atom. The molecule has 0 aliphatic heterocycles. The standard InChI is InChI=1S/C14H17BrN2/c1-8-4-9(2)13-12(5-8)17-7-11(15)6-10(3)14(17)16-13/h6-9H,4-5H2,1-3H3. The first kappa shape index (κ1) is 11.3. The van der Waals surface area contributed by atoms with Crippen molar-refractivity contribution in [1.82, 2.24) is 9.38 Å². The molecule has 0 saturated heterocycles. The van der Waals surface area contributed by atoms with Crippen molar-refractivity contribution in [2.75, 3.05) is 0 Å². The molecule has 0 N–H and O–H groups in total. The Hall–Kier alpha value is -0.830. The Morgan fingerprint density at radius 3 is 2.94 bits per heavy atom. The van der Waals surface area contributed by atoms with Gasteiger partial charge in [0, 0.05) is 22.3 Å². The number of halogens is 1. The van der Waals surface area contributed by atoms with Crippen LogP contribution in [0.2, 0.25) is 0 Å². The maximum atomic E-state index is 4.85. The van der Waals surface area contributed by atoms with E-state index in [0.29, 0.717) is 5.92 Å². The molecule has 2 nitrogen and oxygen atoms in total. The average molecular weight is 293 g/mol. The third-order valence-corrected chi connectivity index (χ3v) is 4.20. The lowest BCUT2D eigenvalue weighted by molar-refractivity contribution is 0.438. The van der Waals surface area contributed by atoms with Crippen LogP contribution in [0.4, 0.5) is 0 Å². The van der Waals surface area contributed by atoms with E-state index in [4.69, 9.17) is 4.98 Å². The third-order valence-electron chi connectivity index (χ3n) is 3.77. The minimum absolute atomic E-state index is 0.590. The van der Waals surface area contributed by atoms with Gasteiger partial charge in [0.25, 0.3) is 0 Å². The smallest absolute Gasteiger partial charge is 0.140 e. The van der Waals surface area contributed by atoms with Gasteiger partial charge in [-0.1, -0.05) is 13.8 Å². The Labute approximate surface area is 110 Å². The highest BCUT2D eigenvalue weighted by Crippen LogP contribution is 2.35. The Balaban J connectivity index is 2.32. The van der Waals surface area contributed by atoms with E-state index in [9.17, 15) is 0 Å². The number of fused-ring (bicyclic) bond motifs is 3. The van der Waals surface area contributed by atoms with Gasteiger partial charge in [-0.25, -0.2) is 4.98 Å². The summed E-state index contributed by atoms with van der Waals surface area (Å²) >= 11 is 3.58. The number of aryl methyl sites for hydroxylation is 1. The number of pyridine rings is 1. The third kappa shape index (κ3) is 1.71. The van der Waals surface area contributed by atoms with E-state index >= 15 is 0 Å². The molecule has 0 radical (unpaired) electrons. The number of hydrogen-bond donors (Lipinski definition) is 0. The van der Waals surface area contributed by atoms with Gasteiger partial charge in [-0.15, -0.1) is 0 Å².